The van der Waals surface area contributed by atoms with E-state index in [9.17, 15) is 14.4 Å². The number of hydrogen-bond donors (Lipinski definition) is 2. The molecule has 0 aliphatic heterocycles. The van der Waals surface area contributed by atoms with Gasteiger partial charge in [-0.25, -0.2) is 4.79 Å². The minimum atomic E-state index is -0.496. The number of ether oxygens (including phenoxy) is 2. The zero-order chi connectivity index (χ0) is 22.6. The van der Waals surface area contributed by atoms with Crippen LogP contribution in [0.5, 0.6) is 0 Å². The lowest BCUT2D eigenvalue weighted by Crippen LogP contribution is -2.16. The Morgan fingerprint density at radius 2 is 1.61 bits per heavy atom. The number of carbonyl (C=O) groups excluding carboxylic acids is 3. The third kappa shape index (κ3) is 8.21. The number of amides is 1. The van der Waals surface area contributed by atoms with Gasteiger partial charge < -0.3 is 20.0 Å². The summed E-state index contributed by atoms with van der Waals surface area (Å²) in [6.07, 6.45) is 0.478. The summed E-state index contributed by atoms with van der Waals surface area (Å²) >= 11 is 3.32. The largest absolute Gasteiger partial charge is 0.462 e. The molecular formula is C22H23BrN2O6. The van der Waals surface area contributed by atoms with Gasteiger partial charge in [0.25, 0.3) is 0 Å². The Morgan fingerprint density at radius 1 is 0.968 bits per heavy atom. The van der Waals surface area contributed by atoms with Crippen LogP contribution in [-0.2, 0) is 19.1 Å². The second-order valence-electron chi connectivity index (χ2n) is 6.41. The Labute approximate surface area is 188 Å². The van der Waals surface area contributed by atoms with Crippen LogP contribution in [0.25, 0.3) is 0 Å². The molecule has 8 nitrogen and oxygen atoms in total. The Morgan fingerprint density at radius 3 is 2.23 bits per heavy atom. The fourth-order valence-corrected chi connectivity index (χ4v) is 2.82. The van der Waals surface area contributed by atoms with Gasteiger partial charge in [-0.1, -0.05) is 33.2 Å². The number of nitrogens with zero attached hydrogens (tertiary/aromatic N) is 1. The third-order valence-corrected chi connectivity index (χ3v) is 4.66. The Kier molecular flexibility index (Phi) is 9.70. The molecule has 2 N–H and O–H groups in total. The van der Waals surface area contributed by atoms with Crippen molar-refractivity contribution in [1.29, 1.82) is 0 Å². The molecule has 0 aliphatic carbocycles. The number of hydrogen-bond acceptors (Lipinski definition) is 7. The van der Waals surface area contributed by atoms with Gasteiger partial charge >= 0.3 is 11.9 Å². The van der Waals surface area contributed by atoms with Crippen LogP contribution in [0.1, 0.15) is 42.1 Å². The Hall–Kier alpha value is -3.20. The van der Waals surface area contributed by atoms with Crippen LogP contribution in [-0.4, -0.2) is 42.0 Å². The zero-order valence-electron chi connectivity index (χ0n) is 17.0. The number of carbonyl (C=O) groups is 3. The average Bonchev–Trinajstić information content (AvgIpc) is 2.76. The summed E-state index contributed by atoms with van der Waals surface area (Å²) in [6, 6.07) is 13.4. The van der Waals surface area contributed by atoms with Crippen molar-refractivity contribution in [2.24, 2.45) is 5.16 Å². The standard InChI is InChI=1S/C22H23BrN2O6/c1-2-30-22(28)16-8-12-18(13-9-16)24-20(26)4-3-5-21(27)31-14-19(25-29)15-6-10-17(23)11-7-15/h6-13,29H,2-5,14H2,1H3,(H,24,26). The molecule has 9 heteroatoms. The smallest absolute Gasteiger partial charge is 0.338 e. The highest BCUT2D eigenvalue weighted by Gasteiger charge is 2.11. The number of anilines is 1. The highest BCUT2D eigenvalue weighted by molar-refractivity contribution is 9.10. The average molecular weight is 491 g/mol. The summed E-state index contributed by atoms with van der Waals surface area (Å²) < 4.78 is 10.9. The molecule has 2 rings (SSSR count). The maximum atomic E-state index is 12.0. The topological polar surface area (TPSA) is 114 Å². The first-order chi connectivity index (χ1) is 14.9. The normalized spacial score (nSPS) is 11.0. The van der Waals surface area contributed by atoms with Gasteiger partial charge in [-0.05, 0) is 49.7 Å². The van der Waals surface area contributed by atoms with Crippen LogP contribution in [0.15, 0.2) is 58.2 Å². The van der Waals surface area contributed by atoms with E-state index in [0.717, 1.165) is 4.47 Å². The minimum Gasteiger partial charge on any atom is -0.462 e. The Balaban J connectivity index is 1.71. The molecule has 0 aromatic heterocycles. The first kappa shape index (κ1) is 24.1. The second-order valence-corrected chi connectivity index (χ2v) is 7.33. The molecule has 2 aromatic carbocycles. The molecule has 0 aliphatic rings. The predicted molar refractivity (Wildman–Crippen MR) is 118 cm³/mol. The van der Waals surface area contributed by atoms with E-state index in [1.54, 1.807) is 55.5 Å². The number of oxime groups is 1. The summed E-state index contributed by atoms with van der Waals surface area (Å²) in [6.45, 7) is 1.85. The van der Waals surface area contributed by atoms with Gasteiger partial charge in [0.1, 0.15) is 12.3 Å². The molecule has 0 saturated heterocycles. The van der Waals surface area contributed by atoms with Crippen molar-refractivity contribution < 1.29 is 29.1 Å². The van der Waals surface area contributed by atoms with Crippen molar-refractivity contribution in [2.45, 2.75) is 26.2 Å². The summed E-state index contributed by atoms with van der Waals surface area (Å²) in [5.74, 6) is -1.18. The lowest BCUT2D eigenvalue weighted by atomic mass is 10.1. The maximum absolute atomic E-state index is 12.0. The van der Waals surface area contributed by atoms with E-state index in [1.807, 2.05) is 0 Å². The molecule has 2 aromatic rings. The van der Waals surface area contributed by atoms with Gasteiger partial charge in [-0.2, -0.15) is 0 Å². The van der Waals surface area contributed by atoms with Crippen molar-refractivity contribution >= 4 is 45.2 Å². The van der Waals surface area contributed by atoms with Crippen LogP contribution in [0, 0.1) is 0 Å². The van der Waals surface area contributed by atoms with E-state index < -0.39 is 11.9 Å². The molecule has 0 radical (unpaired) electrons. The molecule has 1 amide bonds. The summed E-state index contributed by atoms with van der Waals surface area (Å²) in [4.78, 5) is 35.5. The maximum Gasteiger partial charge on any atom is 0.338 e. The molecule has 164 valence electrons. The highest BCUT2D eigenvalue weighted by atomic mass is 79.9. The van der Waals surface area contributed by atoms with Crippen LogP contribution in [0.2, 0.25) is 0 Å². The number of esters is 2. The van der Waals surface area contributed by atoms with E-state index in [1.165, 1.54) is 0 Å². The fraction of sp³-hybridized carbons (Fsp3) is 0.273. The van der Waals surface area contributed by atoms with E-state index in [0.29, 0.717) is 23.2 Å². The molecule has 0 heterocycles. The number of rotatable bonds is 10. The minimum absolute atomic E-state index is 0.0499. The van der Waals surface area contributed by atoms with Gasteiger partial charge in [-0.3, -0.25) is 9.59 Å². The highest BCUT2D eigenvalue weighted by Crippen LogP contribution is 2.13. The fourth-order valence-electron chi connectivity index (χ4n) is 2.55. The van der Waals surface area contributed by atoms with Gasteiger partial charge in [0.2, 0.25) is 5.91 Å². The second kappa shape index (κ2) is 12.5. The quantitative estimate of drug-likeness (QED) is 0.223. The third-order valence-electron chi connectivity index (χ3n) is 4.13. The van der Waals surface area contributed by atoms with E-state index in [2.05, 4.69) is 26.4 Å². The van der Waals surface area contributed by atoms with Gasteiger partial charge in [0.05, 0.1) is 12.2 Å². The predicted octanol–water partition coefficient (Wildman–Crippen LogP) is 4.16. The Bertz CT molecular complexity index is 926. The van der Waals surface area contributed by atoms with Crippen molar-refractivity contribution in [2.75, 3.05) is 18.5 Å². The molecule has 0 atom stereocenters. The van der Waals surface area contributed by atoms with Crippen LogP contribution >= 0.6 is 15.9 Å². The molecule has 0 unspecified atom stereocenters. The van der Waals surface area contributed by atoms with Gasteiger partial charge in [0.15, 0.2) is 0 Å². The lowest BCUT2D eigenvalue weighted by molar-refractivity contribution is -0.142. The van der Waals surface area contributed by atoms with Crippen LogP contribution in [0.3, 0.4) is 0 Å². The van der Waals surface area contributed by atoms with E-state index in [4.69, 9.17) is 14.7 Å². The van der Waals surface area contributed by atoms with Crippen molar-refractivity contribution in [3.8, 4) is 0 Å². The molecular weight excluding hydrogens is 468 g/mol. The molecule has 0 bridgehead atoms. The SMILES string of the molecule is CCOC(=O)c1ccc(NC(=O)CCCC(=O)OCC(=NO)c2ccc(Br)cc2)cc1. The number of benzene rings is 2. The van der Waals surface area contributed by atoms with E-state index in [-0.39, 0.29) is 37.7 Å². The van der Waals surface area contributed by atoms with Crippen LogP contribution in [0.4, 0.5) is 5.69 Å². The van der Waals surface area contributed by atoms with Gasteiger partial charge in [0, 0.05) is 28.6 Å². The number of halogens is 1. The zero-order valence-corrected chi connectivity index (χ0v) is 18.6. The summed E-state index contributed by atoms with van der Waals surface area (Å²) in [5, 5.41) is 15.0. The summed E-state index contributed by atoms with van der Waals surface area (Å²) in [5.41, 5.74) is 1.80. The van der Waals surface area contributed by atoms with Crippen molar-refractivity contribution in [3.63, 3.8) is 0 Å². The molecule has 31 heavy (non-hydrogen) atoms. The lowest BCUT2D eigenvalue weighted by Gasteiger charge is -2.08. The first-order valence-corrected chi connectivity index (χ1v) is 10.4. The van der Waals surface area contributed by atoms with Gasteiger partial charge in [-0.15, -0.1) is 0 Å². The molecule has 0 saturated carbocycles. The first-order valence-electron chi connectivity index (χ1n) is 9.62. The van der Waals surface area contributed by atoms with Crippen LogP contribution < -0.4 is 5.32 Å². The molecule has 0 spiro atoms. The van der Waals surface area contributed by atoms with E-state index >= 15 is 0 Å². The number of nitrogens with one attached hydrogen (secondary N) is 1. The van der Waals surface area contributed by atoms with Crippen molar-refractivity contribution in [1.82, 2.24) is 0 Å². The molecule has 0 fully saturated rings. The summed E-state index contributed by atoms with van der Waals surface area (Å²) in [7, 11) is 0. The van der Waals surface area contributed by atoms with Crippen molar-refractivity contribution in [3.05, 3.63) is 64.1 Å². The monoisotopic (exact) mass is 490 g/mol.